The Kier molecular flexibility index (Phi) is 3.33. The maximum absolute atomic E-state index is 12.9. The van der Waals surface area contributed by atoms with Crippen LogP contribution in [0.4, 0.5) is 8.78 Å². The Bertz CT molecular complexity index is 289. The maximum Gasteiger partial charge on any atom is 0.158 e. The van der Waals surface area contributed by atoms with Gasteiger partial charge in [-0.2, -0.15) is 0 Å². The average molecular weight is 188 g/mol. The molecule has 1 aromatic rings. The Morgan fingerprint density at radius 2 is 2.15 bits per heavy atom. The van der Waals surface area contributed by atoms with Crippen molar-refractivity contribution in [3.05, 3.63) is 35.4 Å². The molecule has 0 radical (unpaired) electrons. The Hall–Kier alpha value is -1.00. The number of hydrogen-bond donors (Lipinski definition) is 1. The normalized spacial score (nSPS) is 12.9. The summed E-state index contributed by atoms with van der Waals surface area (Å²) >= 11 is 0. The van der Waals surface area contributed by atoms with Crippen molar-refractivity contribution in [2.75, 3.05) is 7.11 Å². The Morgan fingerprint density at radius 3 is 2.77 bits per heavy atom. The fourth-order valence-corrected chi connectivity index (χ4v) is 0.971. The van der Waals surface area contributed by atoms with Crippen molar-refractivity contribution >= 4 is 0 Å². The zero-order valence-electron chi connectivity index (χ0n) is 7.13. The van der Waals surface area contributed by atoms with Crippen LogP contribution in [0.2, 0.25) is 0 Å². The van der Waals surface area contributed by atoms with E-state index in [-0.39, 0.29) is 12.0 Å². The van der Waals surface area contributed by atoms with Crippen LogP contribution < -0.4 is 0 Å². The zero-order valence-corrected chi connectivity index (χ0v) is 7.13. The molecule has 0 aliphatic rings. The minimum Gasteiger partial charge on any atom is -0.368 e. The van der Waals surface area contributed by atoms with E-state index in [4.69, 9.17) is 5.11 Å². The fraction of sp³-hybridized carbons (Fsp3) is 0.333. The first-order chi connectivity index (χ1) is 6.13. The molecule has 13 heavy (non-hydrogen) atoms. The minimum absolute atomic E-state index is 0.0555. The van der Waals surface area contributed by atoms with Crippen LogP contribution in [0.3, 0.4) is 0 Å². The summed E-state index contributed by atoms with van der Waals surface area (Å²) in [6, 6.07) is 3.09. The van der Waals surface area contributed by atoms with Crippen LogP contribution in [0, 0.1) is 11.6 Å². The highest BCUT2D eigenvalue weighted by molar-refractivity contribution is 5.19. The monoisotopic (exact) mass is 188 g/mol. The number of aliphatic hydroxyl groups is 1. The molecule has 1 aromatic carbocycles. The summed E-state index contributed by atoms with van der Waals surface area (Å²) in [5.41, 5.74) is 0.106. The smallest absolute Gasteiger partial charge is 0.158 e. The largest absolute Gasteiger partial charge is 0.368 e. The predicted molar refractivity (Wildman–Crippen MR) is 43.1 cm³/mol. The van der Waals surface area contributed by atoms with Crippen molar-refractivity contribution in [1.82, 2.24) is 0 Å². The van der Waals surface area contributed by atoms with Crippen molar-refractivity contribution < 1.29 is 18.6 Å². The number of halogens is 2. The van der Waals surface area contributed by atoms with E-state index in [1.807, 2.05) is 0 Å². The van der Waals surface area contributed by atoms with E-state index in [1.165, 1.54) is 7.11 Å². The molecule has 0 amide bonds. The molecular formula is C9H10F2O2. The van der Waals surface area contributed by atoms with E-state index in [9.17, 15) is 8.78 Å². The molecule has 1 N–H and O–H groups in total. The molecule has 4 heteroatoms. The molecule has 2 nitrogen and oxygen atoms in total. The molecule has 0 fully saturated rings. The van der Waals surface area contributed by atoms with Crippen molar-refractivity contribution in [3.63, 3.8) is 0 Å². The summed E-state index contributed by atoms with van der Waals surface area (Å²) in [7, 11) is 1.29. The first-order valence-corrected chi connectivity index (χ1v) is 3.78. The number of aliphatic hydroxyl groups excluding tert-OH is 1. The van der Waals surface area contributed by atoms with Gasteiger partial charge >= 0.3 is 0 Å². The molecule has 0 saturated heterocycles. The third-order valence-corrected chi connectivity index (χ3v) is 1.67. The number of benzene rings is 1. The topological polar surface area (TPSA) is 29.5 Å². The molecule has 1 atom stereocenters. The second-order valence-corrected chi connectivity index (χ2v) is 2.63. The third kappa shape index (κ3) is 2.75. The molecule has 0 heterocycles. The maximum atomic E-state index is 12.9. The first kappa shape index (κ1) is 10.1. The van der Waals surface area contributed by atoms with E-state index in [1.54, 1.807) is 0 Å². The number of ether oxygens (including phenoxy) is 1. The molecule has 0 spiro atoms. The second-order valence-electron chi connectivity index (χ2n) is 2.63. The molecule has 1 unspecified atom stereocenters. The Balaban J connectivity index is 2.81. The van der Waals surface area contributed by atoms with Crippen LogP contribution in [-0.4, -0.2) is 18.5 Å². The van der Waals surface area contributed by atoms with Gasteiger partial charge in [-0.3, -0.25) is 0 Å². The van der Waals surface area contributed by atoms with Gasteiger partial charge < -0.3 is 9.84 Å². The first-order valence-electron chi connectivity index (χ1n) is 3.78. The summed E-state index contributed by atoms with van der Waals surface area (Å²) in [6.45, 7) is 0. The van der Waals surface area contributed by atoms with E-state index in [2.05, 4.69) is 4.74 Å². The van der Waals surface area contributed by atoms with Crippen LogP contribution in [0.5, 0.6) is 0 Å². The van der Waals surface area contributed by atoms with Crippen LogP contribution in [-0.2, 0) is 11.2 Å². The SMILES string of the molecule is COC(O)Cc1cc(F)ccc1F. The van der Waals surface area contributed by atoms with Gasteiger partial charge in [0, 0.05) is 13.5 Å². The fourth-order valence-electron chi connectivity index (χ4n) is 0.971. The summed E-state index contributed by atoms with van der Waals surface area (Å²) in [6.07, 6.45) is -1.16. The van der Waals surface area contributed by atoms with Gasteiger partial charge in [0.2, 0.25) is 0 Å². The van der Waals surface area contributed by atoms with Gasteiger partial charge in [0.05, 0.1) is 0 Å². The minimum atomic E-state index is -1.10. The summed E-state index contributed by atoms with van der Waals surface area (Å²) < 4.78 is 30.1. The number of methoxy groups -OCH3 is 1. The van der Waals surface area contributed by atoms with Crippen LogP contribution in [0.1, 0.15) is 5.56 Å². The van der Waals surface area contributed by atoms with Gasteiger partial charge in [0.15, 0.2) is 6.29 Å². The molecule has 1 rings (SSSR count). The molecule has 72 valence electrons. The van der Waals surface area contributed by atoms with Gasteiger partial charge in [-0.15, -0.1) is 0 Å². The molecule has 0 aliphatic carbocycles. The molecular weight excluding hydrogens is 178 g/mol. The highest BCUT2D eigenvalue weighted by Gasteiger charge is 2.08. The molecule has 0 bridgehead atoms. The highest BCUT2D eigenvalue weighted by Crippen LogP contribution is 2.11. The van der Waals surface area contributed by atoms with Crippen molar-refractivity contribution in [2.45, 2.75) is 12.7 Å². The molecule has 0 aromatic heterocycles. The standard InChI is InChI=1S/C9H10F2O2/c1-13-9(12)5-6-4-7(10)2-3-8(6)11/h2-4,9,12H,5H2,1H3. The lowest BCUT2D eigenvalue weighted by Crippen LogP contribution is -2.13. The van der Waals surface area contributed by atoms with Crippen molar-refractivity contribution in [3.8, 4) is 0 Å². The van der Waals surface area contributed by atoms with E-state index in [0.29, 0.717) is 0 Å². The predicted octanol–water partition coefficient (Wildman–Crippen LogP) is 1.47. The van der Waals surface area contributed by atoms with E-state index >= 15 is 0 Å². The van der Waals surface area contributed by atoms with Crippen LogP contribution in [0.15, 0.2) is 18.2 Å². The van der Waals surface area contributed by atoms with Gasteiger partial charge in [-0.1, -0.05) is 0 Å². The Morgan fingerprint density at radius 1 is 1.46 bits per heavy atom. The van der Waals surface area contributed by atoms with Gasteiger partial charge in [-0.05, 0) is 23.8 Å². The average Bonchev–Trinajstić information content (AvgIpc) is 2.11. The second kappa shape index (κ2) is 4.30. The quantitative estimate of drug-likeness (QED) is 0.728. The van der Waals surface area contributed by atoms with Crippen LogP contribution >= 0.6 is 0 Å². The van der Waals surface area contributed by atoms with Crippen LogP contribution in [0.25, 0.3) is 0 Å². The molecule has 0 saturated carbocycles. The summed E-state index contributed by atoms with van der Waals surface area (Å²) in [5.74, 6) is -1.07. The van der Waals surface area contributed by atoms with Crippen molar-refractivity contribution in [2.24, 2.45) is 0 Å². The van der Waals surface area contributed by atoms with E-state index < -0.39 is 17.9 Å². The highest BCUT2D eigenvalue weighted by atomic mass is 19.1. The number of hydrogen-bond acceptors (Lipinski definition) is 2. The lowest BCUT2D eigenvalue weighted by Gasteiger charge is -2.08. The van der Waals surface area contributed by atoms with Gasteiger partial charge in [-0.25, -0.2) is 8.78 Å². The third-order valence-electron chi connectivity index (χ3n) is 1.67. The summed E-state index contributed by atoms with van der Waals surface area (Å²) in [5, 5.41) is 9.02. The van der Waals surface area contributed by atoms with E-state index in [0.717, 1.165) is 18.2 Å². The zero-order chi connectivity index (χ0) is 9.84. The van der Waals surface area contributed by atoms with Gasteiger partial charge in [0.25, 0.3) is 0 Å². The molecule has 0 aliphatic heterocycles. The lowest BCUT2D eigenvalue weighted by atomic mass is 10.1. The Labute approximate surface area is 74.8 Å². The summed E-state index contributed by atoms with van der Waals surface area (Å²) in [4.78, 5) is 0. The van der Waals surface area contributed by atoms with Crippen molar-refractivity contribution in [1.29, 1.82) is 0 Å². The lowest BCUT2D eigenvalue weighted by molar-refractivity contribution is -0.0725. The van der Waals surface area contributed by atoms with Gasteiger partial charge in [0.1, 0.15) is 11.6 Å². The number of rotatable bonds is 3.